The highest BCUT2D eigenvalue weighted by molar-refractivity contribution is 8.00. The molecule has 1 atom stereocenters. The van der Waals surface area contributed by atoms with E-state index >= 15 is 0 Å². The fourth-order valence-corrected chi connectivity index (χ4v) is 6.14. The number of carbonyl (C=O) groups is 3. The Hall–Kier alpha value is -5.35. The van der Waals surface area contributed by atoms with Gasteiger partial charge in [-0.05, 0) is 97.4 Å². The Morgan fingerprint density at radius 1 is 0.796 bits per heavy atom. The monoisotopic (exact) mass is 706 g/mol. The summed E-state index contributed by atoms with van der Waals surface area (Å²) in [6, 6.07) is 35.3. The van der Waals surface area contributed by atoms with Gasteiger partial charge in [0.05, 0.1) is 5.25 Å². The highest BCUT2D eigenvalue weighted by Crippen LogP contribution is 2.29. The van der Waals surface area contributed by atoms with Crippen LogP contribution in [0.25, 0.3) is 28.6 Å². The Kier molecular flexibility index (Phi) is 10.4. The molecule has 0 spiro atoms. The van der Waals surface area contributed by atoms with E-state index in [4.69, 9.17) is 27.6 Å². The second-order valence-corrected chi connectivity index (χ2v) is 13.1. The van der Waals surface area contributed by atoms with Gasteiger partial charge in [-0.1, -0.05) is 65.7 Å². The van der Waals surface area contributed by atoms with E-state index in [9.17, 15) is 14.4 Å². The van der Waals surface area contributed by atoms with Crippen molar-refractivity contribution < 1.29 is 18.8 Å². The van der Waals surface area contributed by atoms with Crippen LogP contribution in [0.15, 0.2) is 136 Å². The van der Waals surface area contributed by atoms with E-state index in [1.54, 1.807) is 85.8 Å². The summed E-state index contributed by atoms with van der Waals surface area (Å²) in [4.78, 5) is 44.9. The molecule has 3 amide bonds. The van der Waals surface area contributed by atoms with Crippen LogP contribution in [0.5, 0.6) is 0 Å². The number of anilines is 2. The molecule has 1 aromatic heterocycles. The van der Waals surface area contributed by atoms with Crippen molar-refractivity contribution in [2.24, 2.45) is 0 Å². The molecule has 1 unspecified atom stereocenters. The summed E-state index contributed by atoms with van der Waals surface area (Å²) in [6.07, 6.45) is 1.49. The number of carbonyl (C=O) groups excluding carboxylic acids is 3. The van der Waals surface area contributed by atoms with E-state index in [-0.39, 0.29) is 11.6 Å². The lowest BCUT2D eigenvalue weighted by Crippen LogP contribution is -2.30. The van der Waals surface area contributed by atoms with Crippen LogP contribution in [0.1, 0.15) is 22.8 Å². The molecule has 6 rings (SSSR count). The maximum atomic E-state index is 13.5. The molecule has 1 heterocycles. The molecule has 0 aliphatic heterocycles. The number of fused-ring (bicyclic) bond motifs is 1. The maximum absolute atomic E-state index is 13.5. The van der Waals surface area contributed by atoms with Crippen LogP contribution in [0, 0.1) is 0 Å². The number of rotatable bonds is 10. The topological polar surface area (TPSA) is 113 Å². The number of hydrogen-bond donors (Lipinski definition) is 3. The molecule has 0 saturated heterocycles. The molecule has 11 heteroatoms. The summed E-state index contributed by atoms with van der Waals surface area (Å²) in [5, 5.41) is 8.78. The summed E-state index contributed by atoms with van der Waals surface area (Å²) in [5.74, 6) is -0.714. The highest BCUT2D eigenvalue weighted by Gasteiger charge is 2.18. The number of amides is 3. The quantitative estimate of drug-likeness (QED) is 0.0967. The van der Waals surface area contributed by atoms with Gasteiger partial charge in [-0.15, -0.1) is 11.8 Å². The number of hydrogen-bond acceptors (Lipinski definition) is 6. The predicted octanol–water partition coefficient (Wildman–Crippen LogP) is 9.33. The zero-order chi connectivity index (χ0) is 34.3. The Labute approximate surface area is 296 Å². The number of oxazole rings is 1. The third-order valence-corrected chi connectivity index (χ3v) is 8.91. The van der Waals surface area contributed by atoms with Gasteiger partial charge in [0, 0.05) is 37.4 Å². The van der Waals surface area contributed by atoms with Gasteiger partial charge >= 0.3 is 0 Å². The molecule has 0 aliphatic carbocycles. The van der Waals surface area contributed by atoms with Gasteiger partial charge in [0.1, 0.15) is 11.2 Å². The minimum Gasteiger partial charge on any atom is -0.436 e. The largest absolute Gasteiger partial charge is 0.436 e. The molecule has 0 radical (unpaired) electrons. The highest BCUT2D eigenvalue weighted by atomic mass is 35.5. The lowest BCUT2D eigenvalue weighted by atomic mass is 10.1. The molecule has 0 bridgehead atoms. The van der Waals surface area contributed by atoms with Gasteiger partial charge in [0.2, 0.25) is 11.8 Å². The van der Waals surface area contributed by atoms with Crippen molar-refractivity contribution in [2.45, 2.75) is 17.1 Å². The van der Waals surface area contributed by atoms with Crippen molar-refractivity contribution >= 4 is 81.2 Å². The van der Waals surface area contributed by atoms with Gasteiger partial charge in [-0.2, -0.15) is 0 Å². The van der Waals surface area contributed by atoms with Crippen LogP contribution in [0.4, 0.5) is 11.4 Å². The van der Waals surface area contributed by atoms with E-state index in [1.165, 1.54) is 17.8 Å². The number of halogens is 2. The lowest BCUT2D eigenvalue weighted by Gasteiger charge is -2.14. The van der Waals surface area contributed by atoms with Gasteiger partial charge < -0.3 is 20.4 Å². The van der Waals surface area contributed by atoms with Gasteiger partial charge in [0.15, 0.2) is 5.58 Å². The van der Waals surface area contributed by atoms with E-state index < -0.39 is 17.1 Å². The predicted molar refractivity (Wildman–Crippen MR) is 197 cm³/mol. The molecule has 8 nitrogen and oxygen atoms in total. The van der Waals surface area contributed by atoms with Crippen molar-refractivity contribution in [3.8, 4) is 11.5 Å². The average molecular weight is 708 g/mol. The number of aromatic nitrogens is 1. The van der Waals surface area contributed by atoms with Crippen molar-refractivity contribution in [2.75, 3.05) is 10.6 Å². The van der Waals surface area contributed by atoms with Crippen LogP contribution >= 0.6 is 35.0 Å². The molecule has 0 saturated carbocycles. The molecule has 6 aromatic rings. The first-order valence-electron chi connectivity index (χ1n) is 15.1. The van der Waals surface area contributed by atoms with E-state index in [0.29, 0.717) is 44.0 Å². The van der Waals surface area contributed by atoms with Crippen molar-refractivity contribution in [1.82, 2.24) is 10.3 Å². The third kappa shape index (κ3) is 8.58. The minimum atomic E-state index is -0.565. The molecule has 0 fully saturated rings. The van der Waals surface area contributed by atoms with Crippen LogP contribution in [0.2, 0.25) is 10.0 Å². The average Bonchev–Trinajstić information content (AvgIpc) is 3.54. The summed E-state index contributed by atoms with van der Waals surface area (Å²) in [6.45, 7) is 1.80. The maximum Gasteiger partial charge on any atom is 0.272 e. The Balaban J connectivity index is 1.11. The van der Waals surface area contributed by atoms with Gasteiger partial charge in [-0.25, -0.2) is 4.98 Å². The summed E-state index contributed by atoms with van der Waals surface area (Å²) < 4.78 is 5.84. The lowest BCUT2D eigenvalue weighted by molar-refractivity contribution is -0.115. The standard InChI is InChI=1S/C38H28Cl2N4O4S/c1-23(35(45)41-28-18-15-25(16-19-28)38-44-32-12-5-6-13-34(32)48-38)49-30-11-7-10-29(22-30)42-37(47)33(20-26-14-17-27(39)21-31(26)40)43-36(46)24-8-3-2-4-9-24/h2-23H,1H3,(H,41,45)(H,42,47)(H,43,46)/b33-20+. The fraction of sp³-hybridized carbons (Fsp3) is 0.0526. The number of thioether (sulfide) groups is 1. The minimum absolute atomic E-state index is 0.0222. The SMILES string of the molecule is CC(Sc1cccc(NC(=O)/C(=C\c2ccc(Cl)cc2Cl)NC(=O)c2ccccc2)c1)C(=O)Nc1ccc(-c2nc3ccccc3o2)cc1. The van der Waals surface area contributed by atoms with Gasteiger partial charge in [-0.3, -0.25) is 14.4 Å². The second-order valence-electron chi connectivity index (χ2n) is 10.8. The molecule has 3 N–H and O–H groups in total. The number of nitrogens with one attached hydrogen (secondary N) is 3. The van der Waals surface area contributed by atoms with Crippen molar-refractivity contribution in [3.63, 3.8) is 0 Å². The summed E-state index contributed by atoms with van der Waals surface area (Å²) >= 11 is 13.8. The van der Waals surface area contributed by atoms with Crippen molar-refractivity contribution in [3.05, 3.63) is 148 Å². The van der Waals surface area contributed by atoms with Crippen LogP contribution in [0.3, 0.4) is 0 Å². The van der Waals surface area contributed by atoms with E-state index in [1.807, 2.05) is 42.5 Å². The van der Waals surface area contributed by atoms with Crippen LogP contribution in [-0.4, -0.2) is 28.0 Å². The Morgan fingerprint density at radius 3 is 2.31 bits per heavy atom. The molecule has 5 aromatic carbocycles. The normalized spacial score (nSPS) is 11.9. The molecule has 49 heavy (non-hydrogen) atoms. The first-order chi connectivity index (χ1) is 23.7. The summed E-state index contributed by atoms with van der Waals surface area (Å²) in [5.41, 5.74) is 4.24. The van der Waals surface area contributed by atoms with E-state index in [2.05, 4.69) is 20.9 Å². The number of nitrogens with zero attached hydrogens (tertiary/aromatic N) is 1. The molecule has 244 valence electrons. The van der Waals surface area contributed by atoms with Crippen LogP contribution < -0.4 is 16.0 Å². The number of benzene rings is 5. The zero-order valence-electron chi connectivity index (χ0n) is 25.9. The Bertz CT molecular complexity index is 2150. The zero-order valence-corrected chi connectivity index (χ0v) is 28.3. The van der Waals surface area contributed by atoms with Gasteiger partial charge in [0.25, 0.3) is 11.8 Å². The first kappa shape index (κ1) is 33.5. The van der Waals surface area contributed by atoms with Crippen molar-refractivity contribution in [1.29, 1.82) is 0 Å². The molecular formula is C38H28Cl2N4O4S. The molecule has 0 aliphatic rings. The second kappa shape index (κ2) is 15.3. The fourth-order valence-electron chi connectivity index (χ4n) is 4.76. The third-order valence-electron chi connectivity index (χ3n) is 7.26. The first-order valence-corrected chi connectivity index (χ1v) is 16.7. The number of para-hydroxylation sites is 2. The molecular weight excluding hydrogens is 679 g/mol. The summed E-state index contributed by atoms with van der Waals surface area (Å²) in [7, 11) is 0. The van der Waals surface area contributed by atoms with Crippen LogP contribution in [-0.2, 0) is 9.59 Å². The van der Waals surface area contributed by atoms with E-state index in [0.717, 1.165) is 16.0 Å². The Morgan fingerprint density at radius 2 is 1.55 bits per heavy atom. The smallest absolute Gasteiger partial charge is 0.272 e.